The van der Waals surface area contributed by atoms with Crippen molar-refractivity contribution >= 4 is 58.5 Å². The van der Waals surface area contributed by atoms with Crippen molar-refractivity contribution in [2.75, 3.05) is 23.8 Å². The van der Waals surface area contributed by atoms with Gasteiger partial charge in [0.2, 0.25) is 0 Å². The van der Waals surface area contributed by atoms with E-state index in [1.165, 1.54) is 24.3 Å². The Bertz CT molecular complexity index is 1120. The Hall–Kier alpha value is -4.28. The van der Waals surface area contributed by atoms with Crippen LogP contribution in [-0.2, 0) is 9.59 Å². The van der Waals surface area contributed by atoms with Crippen LogP contribution >= 0.6 is 23.2 Å². The highest BCUT2D eigenvalue weighted by Crippen LogP contribution is 2.18. The van der Waals surface area contributed by atoms with Crippen LogP contribution in [0.2, 0.25) is 10.0 Å². The van der Waals surface area contributed by atoms with Crippen molar-refractivity contribution in [2.45, 2.75) is 0 Å². The second-order valence-electron chi connectivity index (χ2n) is 7.07. The lowest BCUT2D eigenvalue weighted by atomic mass is 10.3. The molecule has 6 amide bonds. The van der Waals surface area contributed by atoms with Gasteiger partial charge in [-0.15, -0.1) is 0 Å². The van der Waals surface area contributed by atoms with Crippen molar-refractivity contribution in [3.8, 4) is 11.5 Å². The summed E-state index contributed by atoms with van der Waals surface area (Å²) in [5, 5.41) is 10.3. The van der Waals surface area contributed by atoms with Gasteiger partial charge < -0.3 is 20.1 Å². The Morgan fingerprint density at radius 2 is 0.889 bits per heavy atom. The minimum atomic E-state index is -0.713. The van der Waals surface area contributed by atoms with Crippen LogP contribution in [0.4, 0.5) is 21.0 Å². The number of hydrogen-bond donors (Lipinski definition) is 4. The fourth-order valence-corrected chi connectivity index (χ4v) is 2.90. The van der Waals surface area contributed by atoms with Gasteiger partial charge in [-0.1, -0.05) is 23.2 Å². The summed E-state index contributed by atoms with van der Waals surface area (Å²) in [5.41, 5.74) is 0.939. The molecule has 0 unspecified atom stereocenters. The first-order valence-electron chi connectivity index (χ1n) is 10.4. The highest BCUT2D eigenvalue weighted by atomic mass is 35.5. The Labute approximate surface area is 215 Å². The number of rotatable bonds is 8. The average molecular weight is 531 g/mol. The maximum atomic E-state index is 11.9. The minimum absolute atomic E-state index is 0.336. The van der Waals surface area contributed by atoms with Crippen molar-refractivity contribution in [1.29, 1.82) is 0 Å². The Balaban J connectivity index is 1.35. The third-order valence-corrected chi connectivity index (χ3v) is 4.78. The highest BCUT2D eigenvalue weighted by Gasteiger charge is 2.11. The van der Waals surface area contributed by atoms with Gasteiger partial charge >= 0.3 is 12.1 Å². The Kier molecular flexibility index (Phi) is 9.49. The zero-order valence-electron chi connectivity index (χ0n) is 18.5. The molecule has 0 atom stereocenters. The molecule has 0 fully saturated rings. The second kappa shape index (κ2) is 13.0. The average Bonchev–Trinajstić information content (AvgIpc) is 2.85. The normalized spacial score (nSPS) is 10.1. The number of urea groups is 2. The van der Waals surface area contributed by atoms with E-state index in [0.29, 0.717) is 32.9 Å². The molecule has 3 aromatic carbocycles. The molecule has 0 aromatic heterocycles. The van der Waals surface area contributed by atoms with E-state index < -0.39 is 37.1 Å². The maximum absolute atomic E-state index is 11.9. The SMILES string of the molecule is O=C(COc1ccc(OCC(=O)NC(=O)Nc2ccc(Cl)cc2)cc1)NC(=O)Nc1ccc(Cl)cc1. The standard InChI is InChI=1S/C24H20Cl2N4O6/c25-15-1-5-17(6-2-15)27-23(33)29-21(31)13-35-19-9-11-20(12-10-19)36-14-22(32)30-24(34)28-18-7-3-16(26)4-8-18/h1-12H,13-14H2,(H2,27,29,31,33)(H2,28,30,32,34). The molecule has 3 aromatic rings. The molecule has 0 saturated heterocycles. The number of nitrogens with one attached hydrogen (secondary N) is 4. The highest BCUT2D eigenvalue weighted by molar-refractivity contribution is 6.31. The number of imide groups is 2. The van der Waals surface area contributed by atoms with Crippen LogP contribution in [0, 0.1) is 0 Å². The van der Waals surface area contributed by atoms with E-state index in [9.17, 15) is 19.2 Å². The third-order valence-electron chi connectivity index (χ3n) is 4.27. The number of anilines is 2. The van der Waals surface area contributed by atoms with Crippen LogP contribution in [0.1, 0.15) is 0 Å². The predicted molar refractivity (Wildman–Crippen MR) is 135 cm³/mol. The summed E-state index contributed by atoms with van der Waals surface area (Å²) in [6.07, 6.45) is 0. The van der Waals surface area contributed by atoms with Crippen molar-refractivity contribution in [3.63, 3.8) is 0 Å². The molecule has 0 saturated carbocycles. The molecule has 0 aliphatic rings. The smallest absolute Gasteiger partial charge is 0.325 e. The second-order valence-corrected chi connectivity index (χ2v) is 7.94. The fourth-order valence-electron chi connectivity index (χ4n) is 2.65. The number of carbonyl (C=O) groups is 4. The molecular formula is C24H20Cl2N4O6. The van der Waals surface area contributed by atoms with Gasteiger partial charge in [0, 0.05) is 21.4 Å². The van der Waals surface area contributed by atoms with E-state index in [1.54, 1.807) is 48.5 Å². The van der Waals surface area contributed by atoms with Gasteiger partial charge in [0.1, 0.15) is 11.5 Å². The Morgan fingerprint density at radius 1 is 0.556 bits per heavy atom. The first-order chi connectivity index (χ1) is 17.3. The molecule has 36 heavy (non-hydrogen) atoms. The van der Waals surface area contributed by atoms with Crippen molar-refractivity contribution < 1.29 is 28.7 Å². The number of carbonyl (C=O) groups excluding carboxylic acids is 4. The molecule has 10 nitrogen and oxygen atoms in total. The van der Waals surface area contributed by atoms with Gasteiger partial charge in [-0.05, 0) is 72.8 Å². The summed E-state index contributed by atoms with van der Waals surface area (Å²) in [5.74, 6) is -0.643. The molecule has 186 valence electrons. The first-order valence-corrected chi connectivity index (χ1v) is 11.1. The van der Waals surface area contributed by atoms with Gasteiger partial charge in [-0.2, -0.15) is 0 Å². The molecule has 0 spiro atoms. The quantitative estimate of drug-likeness (QED) is 0.339. The topological polar surface area (TPSA) is 135 Å². The van der Waals surface area contributed by atoms with E-state index in [-0.39, 0.29) is 0 Å². The zero-order chi connectivity index (χ0) is 25.9. The molecular weight excluding hydrogens is 511 g/mol. The van der Waals surface area contributed by atoms with Crippen LogP contribution in [-0.4, -0.2) is 37.1 Å². The molecule has 0 bridgehead atoms. The van der Waals surface area contributed by atoms with Crippen LogP contribution in [0.25, 0.3) is 0 Å². The maximum Gasteiger partial charge on any atom is 0.325 e. The molecule has 12 heteroatoms. The van der Waals surface area contributed by atoms with E-state index >= 15 is 0 Å². The molecule has 4 N–H and O–H groups in total. The van der Waals surface area contributed by atoms with Gasteiger partial charge in [0.05, 0.1) is 0 Å². The molecule has 3 rings (SSSR count). The summed E-state index contributed by atoms with van der Waals surface area (Å²) in [7, 11) is 0. The largest absolute Gasteiger partial charge is 0.484 e. The lowest BCUT2D eigenvalue weighted by molar-refractivity contribution is -0.122. The van der Waals surface area contributed by atoms with Gasteiger partial charge in [0.15, 0.2) is 13.2 Å². The number of ether oxygens (including phenoxy) is 2. The van der Waals surface area contributed by atoms with E-state index in [4.69, 9.17) is 32.7 Å². The summed E-state index contributed by atoms with van der Waals surface area (Å²) in [6, 6.07) is 17.4. The van der Waals surface area contributed by atoms with Crippen LogP contribution < -0.4 is 30.7 Å². The first kappa shape index (κ1) is 26.3. The molecule has 0 aliphatic carbocycles. The van der Waals surface area contributed by atoms with Crippen LogP contribution in [0.5, 0.6) is 11.5 Å². The summed E-state index contributed by atoms with van der Waals surface area (Å²) in [4.78, 5) is 47.5. The van der Waals surface area contributed by atoms with Gasteiger partial charge in [-0.25, -0.2) is 9.59 Å². The van der Waals surface area contributed by atoms with Crippen molar-refractivity contribution in [1.82, 2.24) is 10.6 Å². The number of halogens is 2. The lowest BCUT2D eigenvalue weighted by Gasteiger charge is -2.10. The predicted octanol–water partition coefficient (Wildman–Crippen LogP) is 4.45. The summed E-state index contributed by atoms with van der Waals surface area (Å²) >= 11 is 11.6. The number of amides is 6. The number of benzene rings is 3. The van der Waals surface area contributed by atoms with Crippen molar-refractivity contribution in [3.05, 3.63) is 82.8 Å². The summed E-state index contributed by atoms with van der Waals surface area (Å²) < 4.78 is 10.7. The Morgan fingerprint density at radius 3 is 1.22 bits per heavy atom. The van der Waals surface area contributed by atoms with Gasteiger partial charge in [0.25, 0.3) is 11.8 Å². The van der Waals surface area contributed by atoms with Crippen molar-refractivity contribution in [2.24, 2.45) is 0 Å². The fraction of sp³-hybridized carbons (Fsp3) is 0.0833. The van der Waals surface area contributed by atoms with E-state index in [0.717, 1.165) is 0 Å². The van der Waals surface area contributed by atoms with Crippen LogP contribution in [0.3, 0.4) is 0 Å². The van der Waals surface area contributed by atoms with E-state index in [1.807, 2.05) is 0 Å². The zero-order valence-corrected chi connectivity index (χ0v) is 20.1. The lowest BCUT2D eigenvalue weighted by Crippen LogP contribution is -2.37. The number of hydrogen-bond acceptors (Lipinski definition) is 6. The molecule has 0 radical (unpaired) electrons. The monoisotopic (exact) mass is 530 g/mol. The molecule has 0 heterocycles. The third kappa shape index (κ3) is 9.16. The minimum Gasteiger partial charge on any atom is -0.484 e. The van der Waals surface area contributed by atoms with E-state index in [2.05, 4.69) is 21.3 Å². The molecule has 0 aliphatic heterocycles. The van der Waals surface area contributed by atoms with Gasteiger partial charge in [-0.3, -0.25) is 20.2 Å². The summed E-state index contributed by atoms with van der Waals surface area (Å²) in [6.45, 7) is -0.807. The van der Waals surface area contributed by atoms with Crippen LogP contribution in [0.15, 0.2) is 72.8 Å².